The van der Waals surface area contributed by atoms with Gasteiger partial charge in [-0.2, -0.15) is 5.26 Å². The number of piperazine rings is 1. The number of benzene rings is 2. The fraction of sp³-hybridized carbons (Fsp3) is 0.405. The summed E-state index contributed by atoms with van der Waals surface area (Å²) in [4.78, 5) is 39.0. The first-order chi connectivity index (χ1) is 23.7. The maximum absolute atomic E-state index is 14.3. The van der Waals surface area contributed by atoms with Crippen molar-refractivity contribution in [3.63, 3.8) is 0 Å². The van der Waals surface area contributed by atoms with E-state index in [0.29, 0.717) is 60.2 Å². The molecule has 3 aliphatic heterocycles. The van der Waals surface area contributed by atoms with E-state index in [1.54, 1.807) is 26.3 Å². The van der Waals surface area contributed by atoms with Gasteiger partial charge in [-0.3, -0.25) is 23.7 Å². The summed E-state index contributed by atoms with van der Waals surface area (Å²) in [5.41, 5.74) is 7.55. The lowest BCUT2D eigenvalue weighted by Gasteiger charge is -2.46. The maximum atomic E-state index is 14.3. The molecule has 0 saturated carbocycles. The molecule has 1 atom stereocenters. The molecular weight excluding hydrogens is 620 g/mol. The smallest absolute Gasteiger partial charge is 0.334 e. The van der Waals surface area contributed by atoms with Crippen molar-refractivity contribution in [2.45, 2.75) is 44.3 Å². The van der Waals surface area contributed by atoms with Gasteiger partial charge in [-0.25, -0.2) is 9.78 Å². The molecule has 12 nitrogen and oxygen atoms in total. The number of para-hydroxylation sites is 1. The van der Waals surface area contributed by atoms with Crippen LogP contribution in [0.15, 0.2) is 83.3 Å². The number of imidazole rings is 1. The fourth-order valence-corrected chi connectivity index (χ4v) is 7.27. The number of carbonyl (C=O) groups excluding carboxylic acids is 1. The SMILES string of the molecule is CC(C)(/C=C(\C#N)C(=O)N1CCCC(n2c(=O)n(-c3ccc(Oc4ccccc4)cc3)c3c(N)nccc32)C1)N1CCN(C2COC2)CC1. The number of aromatic nitrogens is 3. The number of hydrogen-bond donors (Lipinski definition) is 1. The Balaban J connectivity index is 1.12. The molecule has 0 bridgehead atoms. The number of fused-ring (bicyclic) bond motifs is 1. The molecule has 12 heteroatoms. The number of nitrogen functional groups attached to an aromatic ring is 1. The summed E-state index contributed by atoms with van der Waals surface area (Å²) in [6, 6.07) is 20.9. The number of nitriles is 1. The van der Waals surface area contributed by atoms with Crippen LogP contribution in [0.25, 0.3) is 16.7 Å². The first-order valence-electron chi connectivity index (χ1n) is 16.9. The van der Waals surface area contributed by atoms with Crippen LogP contribution >= 0.6 is 0 Å². The summed E-state index contributed by atoms with van der Waals surface area (Å²) in [6.45, 7) is 10.1. The molecule has 0 spiro atoms. The van der Waals surface area contributed by atoms with Gasteiger partial charge in [-0.1, -0.05) is 18.2 Å². The van der Waals surface area contributed by atoms with Gasteiger partial charge in [0, 0.05) is 51.0 Å². The van der Waals surface area contributed by atoms with Crippen LogP contribution < -0.4 is 16.2 Å². The predicted octanol–water partition coefficient (Wildman–Crippen LogP) is 3.97. The van der Waals surface area contributed by atoms with Gasteiger partial charge in [-0.15, -0.1) is 0 Å². The van der Waals surface area contributed by atoms with E-state index in [4.69, 9.17) is 15.2 Å². The second-order valence-electron chi connectivity index (χ2n) is 13.5. The number of nitrogens with zero attached hydrogens (tertiary/aromatic N) is 7. The number of carbonyl (C=O) groups is 1. The van der Waals surface area contributed by atoms with Crippen LogP contribution in [0.4, 0.5) is 5.82 Å². The molecule has 3 fully saturated rings. The molecule has 7 rings (SSSR count). The van der Waals surface area contributed by atoms with Crippen LogP contribution in [0.3, 0.4) is 0 Å². The Morgan fingerprint density at radius 2 is 1.71 bits per heavy atom. The number of pyridine rings is 1. The highest BCUT2D eigenvalue weighted by molar-refractivity contribution is 5.97. The number of nitrogens with two attached hydrogens (primary N) is 1. The second-order valence-corrected chi connectivity index (χ2v) is 13.5. The van der Waals surface area contributed by atoms with E-state index in [9.17, 15) is 14.9 Å². The van der Waals surface area contributed by atoms with Crippen LogP contribution in [-0.2, 0) is 9.53 Å². The lowest BCUT2D eigenvalue weighted by atomic mass is 9.96. The Morgan fingerprint density at radius 1 is 1.00 bits per heavy atom. The van der Waals surface area contributed by atoms with Crippen LogP contribution in [0, 0.1) is 11.3 Å². The van der Waals surface area contributed by atoms with Crippen molar-refractivity contribution in [1.29, 1.82) is 5.26 Å². The Kier molecular flexibility index (Phi) is 8.98. The standard InChI is InChI=1S/C37H42N8O4/c1-37(2,43-19-17-41(18-20-43)29-24-48-25-29)21-26(22-38)35(46)42-16-6-7-28(23-42)44-32-14-15-40-34(39)33(32)45(36(44)47)27-10-12-31(13-11-27)49-30-8-4-3-5-9-30/h3-5,8-15,21,28-29H,6-7,16-20,23-25H2,1-2H3,(H2,39,40)/b26-21+. The quantitative estimate of drug-likeness (QED) is 0.220. The van der Waals surface area contributed by atoms with E-state index < -0.39 is 5.54 Å². The summed E-state index contributed by atoms with van der Waals surface area (Å²) in [7, 11) is 0. The second kappa shape index (κ2) is 13.5. The highest BCUT2D eigenvalue weighted by atomic mass is 16.5. The number of anilines is 1. The fourth-order valence-electron chi connectivity index (χ4n) is 7.27. The summed E-state index contributed by atoms with van der Waals surface area (Å²) in [6.07, 6.45) is 4.80. The zero-order chi connectivity index (χ0) is 34.1. The van der Waals surface area contributed by atoms with Crippen molar-refractivity contribution in [2.24, 2.45) is 0 Å². The molecule has 2 aromatic heterocycles. The van der Waals surface area contributed by atoms with Gasteiger partial charge >= 0.3 is 5.69 Å². The normalized spacial score (nSPS) is 19.8. The Hall–Kier alpha value is -4.96. The van der Waals surface area contributed by atoms with Crippen LogP contribution in [-0.4, -0.2) is 98.8 Å². The molecule has 3 saturated heterocycles. The van der Waals surface area contributed by atoms with Crippen molar-refractivity contribution >= 4 is 22.8 Å². The summed E-state index contributed by atoms with van der Waals surface area (Å²) in [5.74, 6) is 1.28. The molecule has 3 aliphatic rings. The van der Waals surface area contributed by atoms with E-state index in [1.165, 1.54) is 0 Å². The first-order valence-corrected chi connectivity index (χ1v) is 16.9. The summed E-state index contributed by atoms with van der Waals surface area (Å²) < 4.78 is 14.6. The Morgan fingerprint density at radius 3 is 2.39 bits per heavy atom. The molecule has 0 aliphatic carbocycles. The minimum Gasteiger partial charge on any atom is -0.457 e. The molecule has 254 valence electrons. The lowest BCUT2D eigenvalue weighted by Crippen LogP contribution is -2.59. The molecule has 4 aromatic rings. The molecule has 2 N–H and O–H groups in total. The largest absolute Gasteiger partial charge is 0.457 e. The summed E-state index contributed by atoms with van der Waals surface area (Å²) >= 11 is 0. The average Bonchev–Trinajstić information content (AvgIpc) is 3.40. The minimum absolute atomic E-state index is 0.126. The van der Waals surface area contributed by atoms with Crippen LogP contribution in [0.5, 0.6) is 11.5 Å². The number of likely N-dealkylation sites (tertiary alicyclic amines) is 1. The van der Waals surface area contributed by atoms with E-state index in [-0.39, 0.29) is 29.0 Å². The van der Waals surface area contributed by atoms with Crippen LogP contribution in [0.2, 0.25) is 0 Å². The Labute approximate surface area is 285 Å². The van der Waals surface area contributed by atoms with Gasteiger partial charge in [0.15, 0.2) is 0 Å². The highest BCUT2D eigenvalue weighted by Crippen LogP contribution is 2.31. The zero-order valence-corrected chi connectivity index (χ0v) is 28.0. The third-order valence-electron chi connectivity index (χ3n) is 10.0. The molecule has 0 radical (unpaired) electrons. The topological polar surface area (TPSA) is 135 Å². The predicted molar refractivity (Wildman–Crippen MR) is 187 cm³/mol. The van der Waals surface area contributed by atoms with Gasteiger partial charge in [-0.05, 0) is 75.2 Å². The molecule has 49 heavy (non-hydrogen) atoms. The number of hydrogen-bond acceptors (Lipinski definition) is 9. The van der Waals surface area contributed by atoms with E-state index in [0.717, 1.165) is 39.4 Å². The summed E-state index contributed by atoms with van der Waals surface area (Å²) in [5, 5.41) is 10.2. The van der Waals surface area contributed by atoms with E-state index >= 15 is 0 Å². The van der Waals surface area contributed by atoms with E-state index in [1.807, 2.05) is 60.7 Å². The van der Waals surface area contributed by atoms with Gasteiger partial charge in [0.2, 0.25) is 0 Å². The van der Waals surface area contributed by atoms with Gasteiger partial charge in [0.1, 0.15) is 34.5 Å². The van der Waals surface area contributed by atoms with E-state index in [2.05, 4.69) is 34.7 Å². The maximum Gasteiger partial charge on any atom is 0.334 e. The van der Waals surface area contributed by atoms with Crippen molar-refractivity contribution in [3.8, 4) is 23.3 Å². The van der Waals surface area contributed by atoms with Crippen molar-refractivity contribution in [3.05, 3.63) is 89.0 Å². The molecule has 5 heterocycles. The Bertz CT molecular complexity index is 1950. The number of rotatable bonds is 8. The molecule has 1 unspecified atom stereocenters. The van der Waals surface area contributed by atoms with Gasteiger partial charge in [0.05, 0.1) is 36.5 Å². The third kappa shape index (κ3) is 6.45. The van der Waals surface area contributed by atoms with Gasteiger partial charge < -0.3 is 20.1 Å². The minimum atomic E-state index is -0.477. The number of ether oxygens (including phenoxy) is 2. The van der Waals surface area contributed by atoms with Crippen molar-refractivity contribution in [2.75, 3.05) is 58.2 Å². The number of piperidine rings is 1. The molecule has 2 aromatic carbocycles. The zero-order valence-electron chi connectivity index (χ0n) is 28.0. The average molecular weight is 663 g/mol. The first kappa shape index (κ1) is 32.6. The molecular formula is C37H42N8O4. The third-order valence-corrected chi connectivity index (χ3v) is 10.0. The van der Waals surface area contributed by atoms with Crippen molar-refractivity contribution in [1.82, 2.24) is 28.8 Å². The van der Waals surface area contributed by atoms with Crippen molar-refractivity contribution < 1.29 is 14.3 Å². The van der Waals surface area contributed by atoms with Crippen LogP contribution in [0.1, 0.15) is 32.7 Å². The molecule has 1 amide bonds. The number of amides is 1. The van der Waals surface area contributed by atoms with Gasteiger partial charge in [0.25, 0.3) is 5.91 Å². The highest BCUT2D eigenvalue weighted by Gasteiger charge is 2.35. The lowest BCUT2D eigenvalue weighted by molar-refractivity contribution is -0.128. The monoisotopic (exact) mass is 662 g/mol.